The van der Waals surface area contributed by atoms with Gasteiger partial charge in [-0.05, 0) is 5.92 Å². The summed E-state index contributed by atoms with van der Waals surface area (Å²) in [4.78, 5) is 12.7. The van der Waals surface area contributed by atoms with E-state index in [0.29, 0.717) is 11.2 Å². The zero-order valence-corrected chi connectivity index (χ0v) is 9.17. The fourth-order valence-electron chi connectivity index (χ4n) is 1.09. The number of hydrogen-bond donors (Lipinski definition) is 0. The van der Waals surface area contributed by atoms with Crippen LogP contribution in [-0.4, -0.2) is 26.9 Å². The maximum atomic E-state index is 11.0. The highest BCUT2D eigenvalue weighted by Crippen LogP contribution is 2.30. The SMILES string of the molecule is CC(=O)N1C[C@H](C(C)C)SC1=S. The minimum absolute atomic E-state index is 0.0654. The molecule has 4 heteroatoms. The predicted octanol–water partition coefficient (Wildman–Crippen LogP) is 1.89. The third-order valence-corrected chi connectivity index (χ3v) is 3.89. The molecule has 0 radical (unpaired) electrons. The van der Waals surface area contributed by atoms with E-state index in [1.54, 1.807) is 23.6 Å². The molecule has 1 saturated heterocycles. The van der Waals surface area contributed by atoms with E-state index in [4.69, 9.17) is 12.2 Å². The fraction of sp³-hybridized carbons (Fsp3) is 0.750. The smallest absolute Gasteiger partial charge is 0.224 e. The van der Waals surface area contributed by atoms with Crippen molar-refractivity contribution in [3.63, 3.8) is 0 Å². The molecule has 1 aliphatic rings. The van der Waals surface area contributed by atoms with E-state index in [-0.39, 0.29) is 5.91 Å². The molecule has 12 heavy (non-hydrogen) atoms. The second-order valence-corrected chi connectivity index (χ2v) is 5.17. The van der Waals surface area contributed by atoms with Crippen LogP contribution in [0.5, 0.6) is 0 Å². The molecule has 0 aromatic heterocycles. The number of amides is 1. The molecular formula is C8H13NOS2. The largest absolute Gasteiger partial charge is 0.297 e. The first-order valence-electron chi connectivity index (χ1n) is 4.01. The molecule has 0 aromatic rings. The van der Waals surface area contributed by atoms with Gasteiger partial charge in [-0.25, -0.2) is 0 Å². The van der Waals surface area contributed by atoms with Crippen LogP contribution in [0.25, 0.3) is 0 Å². The molecule has 0 bridgehead atoms. The van der Waals surface area contributed by atoms with E-state index in [1.807, 2.05) is 0 Å². The summed E-state index contributed by atoms with van der Waals surface area (Å²) in [5.41, 5.74) is 0. The quantitative estimate of drug-likeness (QED) is 0.607. The molecule has 68 valence electrons. The van der Waals surface area contributed by atoms with Crippen molar-refractivity contribution in [2.75, 3.05) is 6.54 Å². The summed E-state index contributed by atoms with van der Waals surface area (Å²) in [6, 6.07) is 0. The van der Waals surface area contributed by atoms with E-state index < -0.39 is 0 Å². The Hall–Kier alpha value is -0.0900. The van der Waals surface area contributed by atoms with Crippen LogP contribution in [-0.2, 0) is 4.79 Å². The summed E-state index contributed by atoms with van der Waals surface area (Å²) in [5.74, 6) is 0.646. The van der Waals surface area contributed by atoms with Gasteiger partial charge in [0.05, 0.1) is 0 Å². The Morgan fingerprint density at radius 1 is 1.75 bits per heavy atom. The molecular weight excluding hydrogens is 190 g/mol. The van der Waals surface area contributed by atoms with Crippen LogP contribution in [0.2, 0.25) is 0 Å². The Bertz CT molecular complexity index is 215. The fourth-order valence-corrected chi connectivity index (χ4v) is 2.75. The molecule has 2 nitrogen and oxygen atoms in total. The first kappa shape index (κ1) is 9.99. The minimum Gasteiger partial charge on any atom is -0.297 e. The molecule has 1 rings (SSSR count). The first-order chi connectivity index (χ1) is 5.52. The predicted molar refractivity (Wildman–Crippen MR) is 56.2 cm³/mol. The Balaban J connectivity index is 2.62. The Morgan fingerprint density at radius 3 is 2.58 bits per heavy atom. The Morgan fingerprint density at radius 2 is 2.33 bits per heavy atom. The second kappa shape index (κ2) is 3.75. The van der Waals surface area contributed by atoms with Crippen LogP contribution in [0.3, 0.4) is 0 Å². The lowest BCUT2D eigenvalue weighted by molar-refractivity contribution is -0.124. The summed E-state index contributed by atoms with van der Waals surface area (Å²) in [6.07, 6.45) is 0. The van der Waals surface area contributed by atoms with Crippen molar-refractivity contribution in [1.82, 2.24) is 4.90 Å². The van der Waals surface area contributed by atoms with E-state index in [9.17, 15) is 4.79 Å². The van der Waals surface area contributed by atoms with Gasteiger partial charge in [0.25, 0.3) is 0 Å². The van der Waals surface area contributed by atoms with E-state index in [1.165, 1.54) is 0 Å². The molecule has 0 aromatic carbocycles. The molecule has 0 aliphatic carbocycles. The van der Waals surface area contributed by atoms with Gasteiger partial charge in [0.15, 0.2) is 0 Å². The average molecular weight is 203 g/mol. The highest BCUT2D eigenvalue weighted by molar-refractivity contribution is 8.23. The average Bonchev–Trinajstić information content (AvgIpc) is 2.30. The van der Waals surface area contributed by atoms with Crippen LogP contribution in [0.1, 0.15) is 20.8 Å². The number of rotatable bonds is 1. The molecule has 1 atom stereocenters. The van der Waals surface area contributed by atoms with Gasteiger partial charge in [-0.1, -0.05) is 37.8 Å². The maximum Gasteiger partial charge on any atom is 0.224 e. The van der Waals surface area contributed by atoms with Crippen LogP contribution < -0.4 is 0 Å². The molecule has 1 heterocycles. The van der Waals surface area contributed by atoms with Crippen molar-refractivity contribution >= 4 is 34.2 Å². The summed E-state index contributed by atoms with van der Waals surface area (Å²) < 4.78 is 0.737. The maximum absolute atomic E-state index is 11.0. The van der Waals surface area contributed by atoms with Gasteiger partial charge in [0.1, 0.15) is 4.32 Å². The molecule has 1 fully saturated rings. The highest BCUT2D eigenvalue weighted by atomic mass is 32.2. The molecule has 0 spiro atoms. The molecule has 0 saturated carbocycles. The van der Waals surface area contributed by atoms with Crippen molar-refractivity contribution in [1.29, 1.82) is 0 Å². The number of carbonyl (C=O) groups is 1. The third kappa shape index (κ3) is 1.98. The lowest BCUT2D eigenvalue weighted by Gasteiger charge is -2.13. The molecule has 0 unspecified atom stereocenters. The van der Waals surface area contributed by atoms with Crippen molar-refractivity contribution in [3.05, 3.63) is 0 Å². The lowest BCUT2D eigenvalue weighted by Crippen LogP contribution is -2.30. The van der Waals surface area contributed by atoms with Crippen LogP contribution in [0.4, 0.5) is 0 Å². The number of nitrogens with zero attached hydrogens (tertiary/aromatic N) is 1. The van der Waals surface area contributed by atoms with Gasteiger partial charge in [-0.15, -0.1) is 0 Å². The summed E-state index contributed by atoms with van der Waals surface area (Å²) in [7, 11) is 0. The first-order valence-corrected chi connectivity index (χ1v) is 5.30. The monoisotopic (exact) mass is 203 g/mol. The zero-order valence-electron chi connectivity index (χ0n) is 7.53. The van der Waals surface area contributed by atoms with Crippen molar-refractivity contribution in [2.24, 2.45) is 5.92 Å². The third-order valence-electron chi connectivity index (χ3n) is 1.96. The van der Waals surface area contributed by atoms with E-state index >= 15 is 0 Å². The molecule has 0 N–H and O–H groups in total. The standard InChI is InChI=1S/C8H13NOS2/c1-5(2)7-4-9(6(3)10)8(11)12-7/h5,7H,4H2,1-3H3/t7-/m1/s1. The van der Waals surface area contributed by atoms with Gasteiger partial charge in [-0.3, -0.25) is 9.69 Å². The number of thiocarbonyl (C=S) groups is 1. The highest BCUT2D eigenvalue weighted by Gasteiger charge is 2.31. The van der Waals surface area contributed by atoms with Crippen molar-refractivity contribution in [3.8, 4) is 0 Å². The topological polar surface area (TPSA) is 20.3 Å². The van der Waals surface area contributed by atoms with Crippen LogP contribution in [0.15, 0.2) is 0 Å². The van der Waals surface area contributed by atoms with Crippen molar-refractivity contribution < 1.29 is 4.79 Å². The van der Waals surface area contributed by atoms with E-state index in [2.05, 4.69) is 13.8 Å². The van der Waals surface area contributed by atoms with Crippen molar-refractivity contribution in [2.45, 2.75) is 26.0 Å². The molecule has 1 amide bonds. The number of carbonyl (C=O) groups excluding carboxylic acids is 1. The summed E-state index contributed by atoms with van der Waals surface area (Å²) in [6.45, 7) is 6.67. The van der Waals surface area contributed by atoms with Gasteiger partial charge in [0.2, 0.25) is 5.91 Å². The summed E-state index contributed by atoms with van der Waals surface area (Å²) in [5, 5.41) is 0.487. The van der Waals surface area contributed by atoms with E-state index in [0.717, 1.165) is 10.9 Å². The summed E-state index contributed by atoms with van der Waals surface area (Å²) >= 11 is 6.73. The second-order valence-electron chi connectivity index (χ2n) is 3.30. The minimum atomic E-state index is 0.0654. The Labute approximate surface area is 82.7 Å². The van der Waals surface area contributed by atoms with Gasteiger partial charge in [-0.2, -0.15) is 0 Å². The number of hydrogen-bond acceptors (Lipinski definition) is 3. The van der Waals surface area contributed by atoms with Gasteiger partial charge < -0.3 is 0 Å². The zero-order chi connectivity index (χ0) is 9.30. The van der Waals surface area contributed by atoms with Crippen LogP contribution >= 0.6 is 24.0 Å². The number of thioether (sulfide) groups is 1. The van der Waals surface area contributed by atoms with Gasteiger partial charge in [0, 0.05) is 18.7 Å². The normalized spacial score (nSPS) is 23.8. The van der Waals surface area contributed by atoms with Crippen LogP contribution in [0, 0.1) is 5.92 Å². The molecule has 1 aliphatic heterocycles. The Kier molecular flexibility index (Phi) is 3.12. The lowest BCUT2D eigenvalue weighted by atomic mass is 10.1. The van der Waals surface area contributed by atoms with Gasteiger partial charge >= 0.3 is 0 Å².